The van der Waals surface area contributed by atoms with Crippen LogP contribution >= 0.6 is 11.6 Å². The Hall–Kier alpha value is -3.41. The average Bonchev–Trinajstić information content (AvgIpc) is 2.76. The molecule has 0 saturated carbocycles. The fourth-order valence-corrected chi connectivity index (χ4v) is 3.10. The summed E-state index contributed by atoms with van der Waals surface area (Å²) in [6, 6.07) is 10.3. The minimum atomic E-state index is -4.64. The molecular weight excluding hydrogens is 475 g/mol. The molecule has 1 aromatic heterocycles. The lowest BCUT2D eigenvalue weighted by atomic mass is 10.2. The van der Waals surface area contributed by atoms with Gasteiger partial charge in [0.05, 0.1) is 31.3 Å². The number of halogens is 4. The lowest BCUT2D eigenvalue weighted by Crippen LogP contribution is -2.44. The highest BCUT2D eigenvalue weighted by atomic mass is 35.5. The van der Waals surface area contributed by atoms with E-state index in [1.165, 1.54) is 6.07 Å². The smallest absolute Gasteiger partial charge is 0.417 e. The van der Waals surface area contributed by atoms with Crippen molar-refractivity contribution in [3.63, 3.8) is 0 Å². The van der Waals surface area contributed by atoms with Crippen LogP contribution in [0.4, 0.5) is 35.3 Å². The van der Waals surface area contributed by atoms with Gasteiger partial charge in [-0.25, -0.2) is 4.79 Å². The van der Waals surface area contributed by atoms with Crippen molar-refractivity contribution >= 4 is 35.0 Å². The fourth-order valence-electron chi connectivity index (χ4n) is 2.87. The van der Waals surface area contributed by atoms with Gasteiger partial charge in [0.1, 0.15) is 12.3 Å². The molecule has 0 fully saturated rings. The first kappa shape index (κ1) is 25.2. The fraction of sp³-hybridized carbons (Fsp3) is 0.227. The highest BCUT2D eigenvalue weighted by Crippen LogP contribution is 2.36. The van der Waals surface area contributed by atoms with E-state index in [2.05, 4.69) is 20.6 Å². The minimum Gasteiger partial charge on any atom is -0.439 e. The van der Waals surface area contributed by atoms with Crippen molar-refractivity contribution in [2.75, 3.05) is 37.9 Å². The number of amides is 2. The lowest BCUT2D eigenvalue weighted by Gasteiger charge is -2.25. The van der Waals surface area contributed by atoms with Gasteiger partial charge in [0, 0.05) is 23.6 Å². The van der Waals surface area contributed by atoms with Crippen LogP contribution in [0.2, 0.25) is 5.02 Å². The minimum absolute atomic E-state index is 0.0228. The first-order chi connectivity index (χ1) is 16.0. The molecule has 2 amide bonds. The van der Waals surface area contributed by atoms with E-state index in [9.17, 15) is 23.1 Å². The summed E-state index contributed by atoms with van der Waals surface area (Å²) < 4.78 is 44.9. The van der Waals surface area contributed by atoms with Gasteiger partial charge in [0.25, 0.3) is 0 Å². The molecule has 8 nitrogen and oxygen atoms in total. The zero-order valence-corrected chi connectivity index (χ0v) is 19.0. The maximum Gasteiger partial charge on any atom is 0.417 e. The van der Waals surface area contributed by atoms with E-state index in [1.807, 2.05) is 14.1 Å². The van der Waals surface area contributed by atoms with Crippen LogP contribution in [0.3, 0.4) is 0 Å². The number of alkyl halides is 3. The van der Waals surface area contributed by atoms with Crippen molar-refractivity contribution in [2.24, 2.45) is 0 Å². The van der Waals surface area contributed by atoms with E-state index in [0.29, 0.717) is 29.8 Å². The number of urea groups is 1. The van der Waals surface area contributed by atoms with Crippen LogP contribution < -0.4 is 19.9 Å². The summed E-state index contributed by atoms with van der Waals surface area (Å²) in [7, 11) is 3.71. The monoisotopic (exact) mass is 496 g/mol. The van der Waals surface area contributed by atoms with Crippen LogP contribution in [0.15, 0.2) is 54.7 Å². The summed E-state index contributed by atoms with van der Waals surface area (Å²) in [6.07, 6.45) is -3.09. The normalized spacial score (nSPS) is 11.7. The van der Waals surface area contributed by atoms with Crippen LogP contribution in [0.1, 0.15) is 5.56 Å². The molecule has 3 aromatic rings. The second kappa shape index (κ2) is 10.2. The van der Waals surface area contributed by atoms with E-state index >= 15 is 0 Å². The third kappa shape index (κ3) is 6.56. The molecule has 0 aliphatic heterocycles. The Morgan fingerprint density at radius 2 is 1.74 bits per heavy atom. The number of quaternary nitrogens is 1. The number of anilines is 2. The topological polar surface area (TPSA) is 96.4 Å². The second-order valence-electron chi connectivity index (χ2n) is 7.73. The van der Waals surface area contributed by atoms with Crippen LogP contribution in [0.5, 0.6) is 11.6 Å². The molecular formula is C22H22ClF3N5O3+. The van der Waals surface area contributed by atoms with Crippen LogP contribution in [0.25, 0.3) is 0 Å². The first-order valence-electron chi connectivity index (χ1n) is 9.98. The van der Waals surface area contributed by atoms with E-state index in [-0.39, 0.29) is 16.8 Å². The Labute approximate surface area is 198 Å². The Bertz CT molecular complexity index is 1160. The van der Waals surface area contributed by atoms with Crippen molar-refractivity contribution in [3.8, 4) is 11.6 Å². The molecule has 0 radical (unpaired) electrons. The lowest BCUT2D eigenvalue weighted by molar-refractivity contribution is -0.137. The molecule has 0 atom stereocenters. The van der Waals surface area contributed by atoms with Crippen LogP contribution in [0, 0.1) is 0 Å². The summed E-state index contributed by atoms with van der Waals surface area (Å²) in [4.78, 5) is 20.8. The number of nitrogens with zero attached hydrogens (tertiary/aromatic N) is 3. The number of aromatic nitrogens is 2. The Kier molecular flexibility index (Phi) is 7.60. The molecule has 34 heavy (non-hydrogen) atoms. The molecule has 0 aliphatic rings. The Morgan fingerprint density at radius 1 is 1.09 bits per heavy atom. The van der Waals surface area contributed by atoms with Crippen molar-refractivity contribution in [3.05, 3.63) is 65.3 Å². The molecule has 0 saturated heterocycles. The molecule has 2 aromatic carbocycles. The number of ether oxygens (including phenoxy) is 1. The summed E-state index contributed by atoms with van der Waals surface area (Å²) in [5.41, 5.74) is -0.713. The number of nitrogens with one attached hydrogen (secondary N) is 2. The molecule has 3 rings (SSSR count). The molecule has 0 unspecified atom stereocenters. The van der Waals surface area contributed by atoms with Gasteiger partial charge in [-0.05, 0) is 42.5 Å². The second-order valence-corrected chi connectivity index (χ2v) is 8.13. The Morgan fingerprint density at radius 3 is 2.38 bits per heavy atom. The number of likely N-dealkylation sites (N-methyl/N-ethyl adjacent to an activating group) is 1. The van der Waals surface area contributed by atoms with Gasteiger partial charge >= 0.3 is 18.2 Å². The van der Waals surface area contributed by atoms with E-state index < -0.39 is 22.8 Å². The molecule has 12 heteroatoms. The zero-order valence-electron chi connectivity index (χ0n) is 18.2. The van der Waals surface area contributed by atoms with Crippen LogP contribution in [-0.2, 0) is 6.18 Å². The van der Waals surface area contributed by atoms with Gasteiger partial charge in [-0.3, -0.25) is 4.48 Å². The maximum atomic E-state index is 13.0. The number of aliphatic hydroxyl groups is 1. The quantitative estimate of drug-likeness (QED) is 0.393. The highest BCUT2D eigenvalue weighted by molar-refractivity contribution is 6.31. The van der Waals surface area contributed by atoms with E-state index in [4.69, 9.17) is 16.3 Å². The predicted molar refractivity (Wildman–Crippen MR) is 123 cm³/mol. The molecule has 3 N–H and O–H groups in total. The van der Waals surface area contributed by atoms with E-state index in [0.717, 1.165) is 12.1 Å². The average molecular weight is 497 g/mol. The van der Waals surface area contributed by atoms with Gasteiger partial charge in [-0.1, -0.05) is 11.6 Å². The predicted octanol–water partition coefficient (Wildman–Crippen LogP) is 5.14. The molecule has 180 valence electrons. The third-order valence-electron chi connectivity index (χ3n) is 4.68. The standard InChI is InChI=1S/C22H21ClF3N5O3/c1-31(2,11-12-32)20-27-10-9-19(30-20)34-16-6-3-14(4-7-16)28-21(33)29-15-5-8-18(23)17(13-15)22(24,25)26/h3-10,13,32H,11-12H2,1-2H3,(H-,28,29,33)/p+1. The number of rotatable bonds is 7. The van der Waals surface area contributed by atoms with Crippen LogP contribution in [-0.4, -0.2) is 48.4 Å². The van der Waals surface area contributed by atoms with Crippen molar-refractivity contribution < 1.29 is 27.8 Å². The van der Waals surface area contributed by atoms with Crippen molar-refractivity contribution in [1.82, 2.24) is 14.5 Å². The first-order valence-corrected chi connectivity index (χ1v) is 10.4. The van der Waals surface area contributed by atoms with Crippen molar-refractivity contribution in [1.29, 1.82) is 0 Å². The maximum absolute atomic E-state index is 13.0. The van der Waals surface area contributed by atoms with E-state index in [1.54, 1.807) is 36.5 Å². The van der Waals surface area contributed by atoms with Gasteiger partial charge < -0.3 is 20.5 Å². The number of hydrogen-bond donors (Lipinski definition) is 3. The number of aliphatic hydroxyl groups excluding tert-OH is 1. The third-order valence-corrected chi connectivity index (χ3v) is 5.01. The molecule has 0 spiro atoms. The highest BCUT2D eigenvalue weighted by Gasteiger charge is 2.33. The Balaban J connectivity index is 1.63. The van der Waals surface area contributed by atoms with Crippen molar-refractivity contribution in [2.45, 2.75) is 6.18 Å². The summed E-state index contributed by atoms with van der Waals surface area (Å²) in [6.45, 7) is 0.407. The number of carbonyl (C=O) groups excluding carboxylic acids is 1. The SMILES string of the molecule is C[N+](C)(CCO)c1nccc(Oc2ccc(NC(=O)Nc3ccc(Cl)c(C(F)(F)F)c3)cc2)n1. The van der Waals surface area contributed by atoms with Gasteiger partial charge in [-0.15, -0.1) is 4.98 Å². The summed E-state index contributed by atoms with van der Waals surface area (Å²) in [5.74, 6) is 1.21. The van der Waals surface area contributed by atoms with Gasteiger partial charge in [-0.2, -0.15) is 18.2 Å². The molecule has 0 aliphatic carbocycles. The number of carbonyl (C=O) groups is 1. The molecule has 1 heterocycles. The zero-order chi connectivity index (χ0) is 24.9. The van der Waals surface area contributed by atoms with Gasteiger partial charge in [0.15, 0.2) is 0 Å². The summed E-state index contributed by atoms with van der Waals surface area (Å²) >= 11 is 5.59. The van der Waals surface area contributed by atoms with Gasteiger partial charge in [0.2, 0.25) is 5.88 Å². The largest absolute Gasteiger partial charge is 0.439 e. The number of benzene rings is 2. The summed E-state index contributed by atoms with van der Waals surface area (Å²) in [5, 5.41) is 13.6. The number of hydrogen-bond acceptors (Lipinski definition) is 5. The molecule has 0 bridgehead atoms.